The molecule has 0 atom stereocenters. The van der Waals surface area contributed by atoms with Crippen molar-refractivity contribution in [1.82, 2.24) is 0 Å². The molecule has 1 aromatic rings. The fourth-order valence-electron chi connectivity index (χ4n) is 1.24. The third-order valence-electron chi connectivity index (χ3n) is 1.95. The van der Waals surface area contributed by atoms with Crippen molar-refractivity contribution in [3.05, 3.63) is 41.2 Å². The number of aliphatic hydroxyl groups excluding tert-OH is 1. The number of hydrogen-bond donors (Lipinski definition) is 1. The van der Waals surface area contributed by atoms with Crippen LogP contribution in [0, 0.1) is 5.82 Å². The van der Waals surface area contributed by atoms with Gasteiger partial charge in [-0.05, 0) is 30.2 Å². The van der Waals surface area contributed by atoms with Crippen LogP contribution in [0.3, 0.4) is 0 Å². The summed E-state index contributed by atoms with van der Waals surface area (Å²) in [6.07, 6.45) is 3.84. The predicted molar refractivity (Wildman–Crippen MR) is 58.5 cm³/mol. The highest BCUT2D eigenvalue weighted by molar-refractivity contribution is 5.90. The Bertz CT molecular complexity index is 399. The Labute approximate surface area is 93.2 Å². The number of hydrogen-bond acceptors (Lipinski definition) is 3. The molecule has 86 valence electrons. The van der Waals surface area contributed by atoms with Gasteiger partial charge in [-0.2, -0.15) is 0 Å². The quantitative estimate of drug-likeness (QED) is 0.796. The Hall–Kier alpha value is -1.68. The molecule has 0 aromatic heterocycles. The zero-order valence-corrected chi connectivity index (χ0v) is 8.94. The van der Waals surface area contributed by atoms with Gasteiger partial charge in [-0.1, -0.05) is 12.2 Å². The van der Waals surface area contributed by atoms with Gasteiger partial charge >= 0.3 is 5.97 Å². The normalized spacial score (nSPS) is 10.7. The van der Waals surface area contributed by atoms with Crippen molar-refractivity contribution < 1.29 is 19.0 Å². The highest BCUT2D eigenvalue weighted by Gasteiger charge is 2.07. The van der Waals surface area contributed by atoms with Crippen LogP contribution in [-0.2, 0) is 4.74 Å². The average Bonchev–Trinajstić information content (AvgIpc) is 2.27. The Balaban J connectivity index is 2.94. The fourth-order valence-corrected chi connectivity index (χ4v) is 1.24. The molecule has 0 spiro atoms. The third kappa shape index (κ3) is 3.47. The van der Waals surface area contributed by atoms with E-state index in [1.54, 1.807) is 12.2 Å². The summed E-state index contributed by atoms with van der Waals surface area (Å²) in [5, 5.41) is 8.58. The van der Waals surface area contributed by atoms with Crippen molar-refractivity contribution in [3.63, 3.8) is 0 Å². The van der Waals surface area contributed by atoms with Gasteiger partial charge in [0.1, 0.15) is 5.82 Å². The average molecular weight is 224 g/mol. The second kappa shape index (κ2) is 6.02. The number of ether oxygens (including phenoxy) is 1. The first kappa shape index (κ1) is 12.4. The monoisotopic (exact) mass is 224 g/mol. The number of carbonyl (C=O) groups excluding carboxylic acids is 1. The molecule has 1 N–H and O–H groups in total. The number of carbonyl (C=O) groups is 1. The molecule has 0 aliphatic rings. The van der Waals surface area contributed by atoms with Crippen LogP contribution in [0.5, 0.6) is 0 Å². The van der Waals surface area contributed by atoms with Crippen molar-refractivity contribution in [2.24, 2.45) is 0 Å². The molecular formula is C12H13FO3. The van der Waals surface area contributed by atoms with Gasteiger partial charge < -0.3 is 9.84 Å². The Kier molecular flexibility index (Phi) is 4.66. The van der Waals surface area contributed by atoms with Gasteiger partial charge in [-0.3, -0.25) is 0 Å². The number of methoxy groups -OCH3 is 1. The van der Waals surface area contributed by atoms with E-state index in [0.29, 0.717) is 12.0 Å². The fraction of sp³-hybridized carbons (Fsp3) is 0.250. The lowest BCUT2D eigenvalue weighted by atomic mass is 10.1. The van der Waals surface area contributed by atoms with Crippen LogP contribution in [0.2, 0.25) is 0 Å². The molecule has 1 aromatic carbocycles. The van der Waals surface area contributed by atoms with Gasteiger partial charge in [0, 0.05) is 6.61 Å². The SMILES string of the molecule is COC(=O)c1cc(F)cc(C=CCCO)c1. The van der Waals surface area contributed by atoms with Crippen molar-refractivity contribution in [2.75, 3.05) is 13.7 Å². The molecule has 3 nitrogen and oxygen atoms in total. The molecular weight excluding hydrogens is 211 g/mol. The maximum absolute atomic E-state index is 13.1. The molecule has 0 bridgehead atoms. The van der Waals surface area contributed by atoms with Gasteiger partial charge in [0.2, 0.25) is 0 Å². The topological polar surface area (TPSA) is 46.5 Å². The Morgan fingerprint density at radius 3 is 2.88 bits per heavy atom. The van der Waals surface area contributed by atoms with Gasteiger partial charge in [0.25, 0.3) is 0 Å². The molecule has 1 rings (SSSR count). The first-order valence-corrected chi connectivity index (χ1v) is 4.83. The third-order valence-corrected chi connectivity index (χ3v) is 1.95. The second-order valence-electron chi connectivity index (χ2n) is 3.18. The van der Waals surface area contributed by atoms with Crippen molar-refractivity contribution in [2.45, 2.75) is 6.42 Å². The first-order valence-electron chi connectivity index (χ1n) is 4.83. The predicted octanol–water partition coefficient (Wildman–Crippen LogP) is 2.01. The van der Waals surface area contributed by atoms with E-state index in [1.165, 1.54) is 19.2 Å². The maximum atomic E-state index is 13.1. The maximum Gasteiger partial charge on any atom is 0.337 e. The summed E-state index contributed by atoms with van der Waals surface area (Å²) in [6.45, 7) is 0.0374. The highest BCUT2D eigenvalue weighted by atomic mass is 19.1. The summed E-state index contributed by atoms with van der Waals surface area (Å²) in [6, 6.07) is 3.96. The Morgan fingerprint density at radius 1 is 1.50 bits per heavy atom. The van der Waals surface area contributed by atoms with Crippen molar-refractivity contribution in [3.8, 4) is 0 Å². The smallest absolute Gasteiger partial charge is 0.337 e. The lowest BCUT2D eigenvalue weighted by Crippen LogP contribution is -2.02. The van der Waals surface area contributed by atoms with E-state index in [2.05, 4.69) is 4.74 Å². The van der Waals surface area contributed by atoms with Crippen LogP contribution in [0.25, 0.3) is 6.08 Å². The number of aliphatic hydroxyl groups is 1. The number of halogens is 1. The van der Waals surface area contributed by atoms with Crippen LogP contribution < -0.4 is 0 Å². The molecule has 0 unspecified atom stereocenters. The van der Waals surface area contributed by atoms with E-state index in [4.69, 9.17) is 5.11 Å². The summed E-state index contributed by atoms with van der Waals surface area (Å²) >= 11 is 0. The van der Waals surface area contributed by atoms with Crippen LogP contribution in [-0.4, -0.2) is 24.8 Å². The van der Waals surface area contributed by atoms with E-state index < -0.39 is 11.8 Å². The minimum atomic E-state index is -0.573. The van der Waals surface area contributed by atoms with Gasteiger partial charge in [0.05, 0.1) is 12.7 Å². The minimum absolute atomic E-state index is 0.0374. The summed E-state index contributed by atoms with van der Waals surface area (Å²) in [7, 11) is 1.24. The van der Waals surface area contributed by atoms with Crippen LogP contribution in [0.1, 0.15) is 22.3 Å². The van der Waals surface area contributed by atoms with Crippen LogP contribution in [0.15, 0.2) is 24.3 Å². The van der Waals surface area contributed by atoms with Crippen molar-refractivity contribution >= 4 is 12.0 Å². The van der Waals surface area contributed by atoms with Gasteiger partial charge in [-0.15, -0.1) is 0 Å². The molecule has 16 heavy (non-hydrogen) atoms. The van der Waals surface area contributed by atoms with E-state index in [1.807, 2.05) is 0 Å². The van der Waals surface area contributed by atoms with E-state index in [0.717, 1.165) is 6.07 Å². The molecule has 0 aliphatic heterocycles. The number of esters is 1. The zero-order valence-electron chi connectivity index (χ0n) is 8.94. The van der Waals surface area contributed by atoms with Gasteiger partial charge in [0.15, 0.2) is 0 Å². The number of benzene rings is 1. The van der Waals surface area contributed by atoms with E-state index >= 15 is 0 Å². The Morgan fingerprint density at radius 2 is 2.25 bits per heavy atom. The van der Waals surface area contributed by atoms with Gasteiger partial charge in [-0.25, -0.2) is 9.18 Å². The molecule has 0 fully saturated rings. The van der Waals surface area contributed by atoms with Crippen molar-refractivity contribution in [1.29, 1.82) is 0 Å². The second-order valence-corrected chi connectivity index (χ2v) is 3.18. The highest BCUT2D eigenvalue weighted by Crippen LogP contribution is 2.12. The minimum Gasteiger partial charge on any atom is -0.465 e. The lowest BCUT2D eigenvalue weighted by molar-refractivity contribution is 0.0600. The summed E-state index contributed by atoms with van der Waals surface area (Å²) in [5.74, 6) is -1.07. The molecule has 0 heterocycles. The molecule has 0 aliphatic carbocycles. The first-order chi connectivity index (χ1) is 7.67. The standard InChI is InChI=1S/C12H13FO3/c1-16-12(15)10-6-9(4-2-3-5-14)7-11(13)8-10/h2,4,6-8,14H,3,5H2,1H3. The largest absolute Gasteiger partial charge is 0.465 e. The van der Waals surface area contributed by atoms with Crippen LogP contribution >= 0.6 is 0 Å². The number of rotatable bonds is 4. The van der Waals surface area contributed by atoms with Crippen LogP contribution in [0.4, 0.5) is 4.39 Å². The molecule has 4 heteroatoms. The summed E-state index contributed by atoms with van der Waals surface area (Å²) in [5.41, 5.74) is 0.736. The summed E-state index contributed by atoms with van der Waals surface area (Å²) < 4.78 is 17.6. The molecule has 0 amide bonds. The molecule has 0 saturated heterocycles. The lowest BCUT2D eigenvalue weighted by Gasteiger charge is -2.01. The molecule has 0 radical (unpaired) electrons. The molecule has 0 saturated carbocycles. The van der Waals surface area contributed by atoms with E-state index in [9.17, 15) is 9.18 Å². The summed E-state index contributed by atoms with van der Waals surface area (Å²) in [4.78, 5) is 11.2. The zero-order chi connectivity index (χ0) is 12.0. The van der Waals surface area contributed by atoms with E-state index in [-0.39, 0.29) is 12.2 Å².